The molecule has 70 heavy (non-hydrogen) atoms. The molecule has 0 bridgehead atoms. The summed E-state index contributed by atoms with van der Waals surface area (Å²) in [6, 6.07) is 0. The molecular weight excluding hydrogens is 898 g/mol. The van der Waals surface area contributed by atoms with E-state index in [9.17, 15) is 23.8 Å². The van der Waals surface area contributed by atoms with Gasteiger partial charge in [0.15, 0.2) is 6.10 Å². The fourth-order valence-electron chi connectivity index (χ4n) is 8.61. The number of carbonyl (C=O) groups excluding carboxylic acids is 3. The Morgan fingerprint density at radius 1 is 0.429 bits per heavy atom. The van der Waals surface area contributed by atoms with Crippen molar-refractivity contribution >= 4 is 25.7 Å². The van der Waals surface area contributed by atoms with Crippen LogP contribution < -0.4 is 5.32 Å². The lowest BCUT2D eigenvalue weighted by molar-refractivity contribution is -0.161. The van der Waals surface area contributed by atoms with Gasteiger partial charge in [-0.2, -0.15) is 0 Å². The first-order chi connectivity index (χ1) is 34.2. The van der Waals surface area contributed by atoms with Crippen molar-refractivity contribution in [3.8, 4) is 0 Å². The van der Waals surface area contributed by atoms with Crippen molar-refractivity contribution in [2.45, 2.75) is 309 Å². The second-order valence-corrected chi connectivity index (χ2v) is 21.6. The summed E-state index contributed by atoms with van der Waals surface area (Å²) < 4.78 is 34.1. The summed E-state index contributed by atoms with van der Waals surface area (Å²) in [6.45, 7) is 5.85. The van der Waals surface area contributed by atoms with Crippen LogP contribution in [0.5, 0.6) is 0 Å². The molecule has 11 heteroatoms. The quantitative estimate of drug-likeness (QED) is 0.0264. The zero-order valence-corrected chi connectivity index (χ0v) is 46.9. The molecule has 0 aliphatic rings. The molecule has 1 amide bonds. The summed E-state index contributed by atoms with van der Waals surface area (Å²) in [5, 5.41) is 2.75. The Hall–Kier alpha value is -2.00. The Morgan fingerprint density at radius 2 is 0.757 bits per heavy atom. The maximum atomic E-state index is 12.8. The highest BCUT2D eigenvalue weighted by molar-refractivity contribution is 7.47. The van der Waals surface area contributed by atoms with Crippen molar-refractivity contribution < 1.29 is 42.4 Å². The summed E-state index contributed by atoms with van der Waals surface area (Å²) >= 11 is 0. The molecule has 0 spiro atoms. The highest BCUT2D eigenvalue weighted by Crippen LogP contribution is 2.43. The number of nitrogens with one attached hydrogen (secondary N) is 1. The molecule has 0 fully saturated rings. The van der Waals surface area contributed by atoms with Gasteiger partial charge in [-0.05, 0) is 70.6 Å². The first-order valence-electron chi connectivity index (χ1n) is 29.8. The number of allylic oxidation sites excluding steroid dienone is 4. The number of carbonyl (C=O) groups is 3. The molecule has 0 heterocycles. The van der Waals surface area contributed by atoms with Gasteiger partial charge >= 0.3 is 19.8 Å². The minimum Gasteiger partial charge on any atom is -0.462 e. The number of unbranched alkanes of at least 4 members (excludes halogenated alkanes) is 36. The molecule has 412 valence electrons. The molecule has 2 atom stereocenters. The summed E-state index contributed by atoms with van der Waals surface area (Å²) in [6.07, 6.45) is 58.2. The van der Waals surface area contributed by atoms with E-state index < -0.39 is 32.5 Å². The van der Waals surface area contributed by atoms with Gasteiger partial charge < -0.3 is 19.7 Å². The summed E-state index contributed by atoms with van der Waals surface area (Å²) in [5.41, 5.74) is 0. The zero-order chi connectivity index (χ0) is 51.1. The van der Waals surface area contributed by atoms with Crippen LogP contribution in [0.4, 0.5) is 0 Å². The predicted octanol–water partition coefficient (Wildman–Crippen LogP) is 18.0. The number of esters is 2. The first-order valence-corrected chi connectivity index (χ1v) is 31.3. The second-order valence-electron chi connectivity index (χ2n) is 20.1. The van der Waals surface area contributed by atoms with E-state index >= 15 is 0 Å². The Bertz CT molecular complexity index is 1260. The lowest BCUT2D eigenvalue weighted by Gasteiger charge is -2.20. The lowest BCUT2D eigenvalue weighted by Crippen LogP contribution is -2.30. The van der Waals surface area contributed by atoms with Gasteiger partial charge in [-0.1, -0.05) is 238 Å². The third kappa shape index (κ3) is 53.8. The molecule has 0 aliphatic carbocycles. The van der Waals surface area contributed by atoms with E-state index in [1.807, 2.05) is 0 Å². The molecular formula is C59H112NO9P. The maximum Gasteiger partial charge on any atom is 0.472 e. The van der Waals surface area contributed by atoms with Crippen LogP contribution in [0.25, 0.3) is 0 Å². The Kier molecular flexibility index (Phi) is 53.2. The van der Waals surface area contributed by atoms with Crippen molar-refractivity contribution in [3.05, 3.63) is 24.3 Å². The lowest BCUT2D eigenvalue weighted by atomic mass is 10.0. The molecule has 0 aromatic rings. The smallest absolute Gasteiger partial charge is 0.462 e. The Morgan fingerprint density at radius 3 is 1.14 bits per heavy atom. The molecule has 0 saturated carbocycles. The van der Waals surface area contributed by atoms with Gasteiger partial charge in [-0.25, -0.2) is 4.57 Å². The SMILES string of the molecule is CCCCCCCC/C=C\CCCCCCCC(=O)OC[C@H](COP(=O)(O)OCCNC(=O)CCCCCCCCCCCCCCCCC)OC(=O)CCCCCCC/C=C\CCCCCCCC. The van der Waals surface area contributed by atoms with E-state index in [1.165, 1.54) is 167 Å². The first kappa shape index (κ1) is 68.0. The van der Waals surface area contributed by atoms with Crippen LogP contribution in [0.3, 0.4) is 0 Å². The Balaban J connectivity index is 4.50. The second kappa shape index (κ2) is 54.8. The van der Waals surface area contributed by atoms with Gasteiger partial charge in [0.25, 0.3) is 0 Å². The molecule has 2 N–H and O–H groups in total. The van der Waals surface area contributed by atoms with Crippen LogP contribution in [-0.4, -0.2) is 55.2 Å². The number of phosphoric ester groups is 1. The fourth-order valence-corrected chi connectivity index (χ4v) is 9.36. The molecule has 0 saturated heterocycles. The minimum atomic E-state index is -4.54. The van der Waals surface area contributed by atoms with E-state index in [0.717, 1.165) is 83.5 Å². The number of hydrogen-bond donors (Lipinski definition) is 2. The Labute approximate surface area is 431 Å². The third-order valence-corrected chi connectivity index (χ3v) is 14.1. The van der Waals surface area contributed by atoms with Crippen molar-refractivity contribution in [2.24, 2.45) is 0 Å². The highest BCUT2D eigenvalue weighted by atomic mass is 31.2. The standard InChI is InChI=1S/C59H112NO9P/c1-4-7-10-13-16-19-22-25-28-31-34-37-40-43-46-49-57(61)60-52-53-67-70(64,65)68-55-56(69-59(63)51-48-45-42-39-36-33-30-27-24-21-18-15-12-9-6-3)54-66-58(62)50-47-44-41-38-35-32-29-26-23-20-17-14-11-8-5-2/h26-27,29-30,56H,4-25,28,31-55H2,1-3H3,(H,60,61)(H,64,65)/b29-26-,30-27-/t56-/m1/s1. The van der Waals surface area contributed by atoms with Crippen LogP contribution >= 0.6 is 7.82 Å². The summed E-state index contributed by atoms with van der Waals surface area (Å²) in [4.78, 5) is 48.2. The van der Waals surface area contributed by atoms with Gasteiger partial charge in [0.05, 0.1) is 13.2 Å². The average Bonchev–Trinajstić information content (AvgIpc) is 3.34. The molecule has 1 unspecified atom stereocenters. The van der Waals surface area contributed by atoms with Gasteiger partial charge in [0, 0.05) is 25.8 Å². The summed E-state index contributed by atoms with van der Waals surface area (Å²) in [7, 11) is -4.54. The molecule has 0 radical (unpaired) electrons. The van der Waals surface area contributed by atoms with Crippen molar-refractivity contribution in [2.75, 3.05) is 26.4 Å². The van der Waals surface area contributed by atoms with Crippen molar-refractivity contribution in [1.29, 1.82) is 0 Å². The normalized spacial score (nSPS) is 13.0. The van der Waals surface area contributed by atoms with Crippen molar-refractivity contribution in [3.63, 3.8) is 0 Å². The van der Waals surface area contributed by atoms with Crippen LogP contribution in [0, 0.1) is 0 Å². The minimum absolute atomic E-state index is 0.0633. The number of amides is 1. The monoisotopic (exact) mass is 1010 g/mol. The van der Waals surface area contributed by atoms with E-state index in [2.05, 4.69) is 50.4 Å². The van der Waals surface area contributed by atoms with E-state index in [1.54, 1.807) is 0 Å². The van der Waals surface area contributed by atoms with Crippen LogP contribution in [0.1, 0.15) is 303 Å². The third-order valence-electron chi connectivity index (χ3n) is 13.1. The van der Waals surface area contributed by atoms with E-state index in [-0.39, 0.29) is 38.5 Å². The van der Waals surface area contributed by atoms with E-state index in [0.29, 0.717) is 19.3 Å². The largest absolute Gasteiger partial charge is 0.472 e. The van der Waals surface area contributed by atoms with Crippen LogP contribution in [0.15, 0.2) is 24.3 Å². The average molecular weight is 1010 g/mol. The molecule has 10 nitrogen and oxygen atoms in total. The number of hydrogen-bond acceptors (Lipinski definition) is 8. The zero-order valence-electron chi connectivity index (χ0n) is 46.0. The molecule has 0 aromatic carbocycles. The van der Waals surface area contributed by atoms with Crippen LogP contribution in [0.2, 0.25) is 0 Å². The van der Waals surface area contributed by atoms with Crippen LogP contribution in [-0.2, 0) is 37.5 Å². The van der Waals surface area contributed by atoms with Gasteiger partial charge in [-0.3, -0.25) is 23.4 Å². The number of phosphoric acid groups is 1. The predicted molar refractivity (Wildman–Crippen MR) is 294 cm³/mol. The number of ether oxygens (including phenoxy) is 2. The fraction of sp³-hybridized carbons (Fsp3) is 0.881. The van der Waals surface area contributed by atoms with Crippen molar-refractivity contribution in [1.82, 2.24) is 5.32 Å². The maximum absolute atomic E-state index is 12.8. The topological polar surface area (TPSA) is 137 Å². The summed E-state index contributed by atoms with van der Waals surface area (Å²) in [5.74, 6) is -0.988. The molecule has 0 rings (SSSR count). The number of rotatable bonds is 56. The molecule has 0 aromatic heterocycles. The van der Waals surface area contributed by atoms with Gasteiger partial charge in [0.1, 0.15) is 6.61 Å². The molecule has 0 aliphatic heterocycles. The van der Waals surface area contributed by atoms with Gasteiger partial charge in [-0.15, -0.1) is 0 Å². The van der Waals surface area contributed by atoms with Gasteiger partial charge in [0.2, 0.25) is 5.91 Å². The highest BCUT2D eigenvalue weighted by Gasteiger charge is 2.26. The van der Waals surface area contributed by atoms with E-state index in [4.69, 9.17) is 18.5 Å².